The molecule has 1 fully saturated rings. The molecule has 8 heteroatoms. The average molecular weight is 387 g/mol. The molecule has 1 aliphatic heterocycles. The number of piperazine rings is 1. The minimum atomic E-state index is -0.359. The first-order chi connectivity index (χ1) is 13.5. The zero-order valence-corrected chi connectivity index (χ0v) is 16.1. The molecule has 1 N–H and O–H groups in total. The topological polar surface area (TPSA) is 88.3 Å². The van der Waals surface area contributed by atoms with Crippen LogP contribution in [0.5, 0.6) is 17.2 Å². The summed E-state index contributed by atoms with van der Waals surface area (Å²) in [5.41, 5.74) is 2.10. The van der Waals surface area contributed by atoms with Crippen LogP contribution < -0.4 is 9.47 Å². The van der Waals surface area contributed by atoms with Crippen LogP contribution >= 0.6 is 0 Å². The molecule has 0 radical (unpaired) electrons. The molecule has 3 rings (SSSR count). The van der Waals surface area contributed by atoms with Gasteiger partial charge in [0.05, 0.1) is 19.1 Å². The van der Waals surface area contributed by atoms with Crippen LogP contribution in [0.25, 0.3) is 0 Å². The number of hydrogen-bond acceptors (Lipinski definition) is 7. The first kappa shape index (κ1) is 19.9. The summed E-state index contributed by atoms with van der Waals surface area (Å²) < 4.78 is 10.4. The van der Waals surface area contributed by atoms with Gasteiger partial charge in [-0.15, -0.1) is 0 Å². The number of phenolic OH excluding ortho intramolecular Hbond substituents is 1. The molecule has 1 heterocycles. The van der Waals surface area contributed by atoms with Gasteiger partial charge >= 0.3 is 0 Å². The molecule has 2 aromatic rings. The number of methoxy groups -OCH3 is 2. The fraction of sp³-hybridized carbons (Fsp3) is 0.400. The molecule has 0 bridgehead atoms. The Morgan fingerprint density at radius 3 is 2.00 bits per heavy atom. The van der Waals surface area contributed by atoms with Gasteiger partial charge in [0.15, 0.2) is 11.5 Å². The molecule has 0 aliphatic carbocycles. The van der Waals surface area contributed by atoms with Gasteiger partial charge in [0.2, 0.25) is 5.75 Å². The van der Waals surface area contributed by atoms with Crippen LogP contribution in [0.2, 0.25) is 0 Å². The molecule has 8 nitrogen and oxygen atoms in total. The summed E-state index contributed by atoms with van der Waals surface area (Å²) in [6.07, 6.45) is 0. The van der Waals surface area contributed by atoms with Crippen molar-refractivity contribution in [2.75, 3.05) is 40.4 Å². The van der Waals surface area contributed by atoms with Crippen LogP contribution in [0.3, 0.4) is 0 Å². The largest absolute Gasteiger partial charge is 0.502 e. The molecule has 0 saturated carbocycles. The minimum Gasteiger partial charge on any atom is -0.502 e. The number of benzene rings is 2. The first-order valence-corrected chi connectivity index (χ1v) is 9.12. The monoisotopic (exact) mass is 387 g/mol. The van der Waals surface area contributed by atoms with Crippen LogP contribution in [0.15, 0.2) is 36.4 Å². The van der Waals surface area contributed by atoms with E-state index < -0.39 is 0 Å². The second kappa shape index (κ2) is 8.90. The van der Waals surface area contributed by atoms with Crippen molar-refractivity contribution in [2.45, 2.75) is 13.1 Å². The molecule has 0 spiro atoms. The molecule has 2 aromatic carbocycles. The van der Waals surface area contributed by atoms with Crippen molar-refractivity contribution in [3.05, 3.63) is 57.6 Å². The number of non-ortho nitro benzene ring substituents is 1. The number of phenols is 1. The van der Waals surface area contributed by atoms with Crippen molar-refractivity contribution in [2.24, 2.45) is 0 Å². The number of ether oxygens (including phenoxy) is 2. The Labute approximate surface area is 164 Å². The van der Waals surface area contributed by atoms with E-state index in [2.05, 4.69) is 9.80 Å². The van der Waals surface area contributed by atoms with E-state index in [-0.39, 0.29) is 16.4 Å². The van der Waals surface area contributed by atoms with E-state index in [0.717, 1.165) is 43.9 Å². The molecule has 1 saturated heterocycles. The molecule has 28 heavy (non-hydrogen) atoms. The molecular formula is C20H25N3O5. The zero-order valence-electron chi connectivity index (χ0n) is 16.1. The SMILES string of the molecule is COc1cc(CN2CCN(Cc3cccc([N+](=O)[O-])c3)CC2)cc(OC)c1O. The standard InChI is InChI=1S/C20H25N3O5/c1-27-18-11-16(12-19(28-2)20(18)24)14-22-8-6-21(7-9-22)13-15-4-3-5-17(10-15)23(25)26/h3-5,10-12,24H,6-9,13-14H2,1-2H3. The fourth-order valence-corrected chi connectivity index (χ4v) is 3.43. The summed E-state index contributed by atoms with van der Waals surface area (Å²) in [6, 6.07) is 10.5. The molecule has 0 aromatic heterocycles. The lowest BCUT2D eigenvalue weighted by atomic mass is 10.1. The van der Waals surface area contributed by atoms with Gasteiger partial charge in [-0.05, 0) is 23.3 Å². The summed E-state index contributed by atoms with van der Waals surface area (Å²) in [7, 11) is 3.04. The summed E-state index contributed by atoms with van der Waals surface area (Å²) in [4.78, 5) is 15.2. The van der Waals surface area contributed by atoms with E-state index >= 15 is 0 Å². The van der Waals surface area contributed by atoms with Gasteiger partial charge in [0.1, 0.15) is 0 Å². The van der Waals surface area contributed by atoms with E-state index in [1.54, 1.807) is 12.1 Å². The van der Waals surface area contributed by atoms with Gasteiger partial charge in [-0.2, -0.15) is 0 Å². The predicted octanol–water partition coefficient (Wildman–Crippen LogP) is 2.64. The summed E-state index contributed by atoms with van der Waals surface area (Å²) in [5.74, 6) is 0.813. The highest BCUT2D eigenvalue weighted by Crippen LogP contribution is 2.37. The third-order valence-electron chi connectivity index (χ3n) is 4.94. The Kier molecular flexibility index (Phi) is 6.33. The molecule has 0 amide bonds. The number of nitro benzene ring substituents is 1. The molecule has 0 atom stereocenters. The van der Waals surface area contributed by atoms with Gasteiger partial charge in [0, 0.05) is 51.4 Å². The maximum absolute atomic E-state index is 10.9. The van der Waals surface area contributed by atoms with Gasteiger partial charge in [-0.25, -0.2) is 0 Å². The minimum absolute atomic E-state index is 0.00974. The van der Waals surface area contributed by atoms with Gasteiger partial charge in [-0.1, -0.05) is 12.1 Å². The van der Waals surface area contributed by atoms with Crippen LogP contribution in [0.4, 0.5) is 5.69 Å². The summed E-state index contributed by atoms with van der Waals surface area (Å²) in [5, 5.41) is 21.0. The van der Waals surface area contributed by atoms with E-state index in [0.29, 0.717) is 18.0 Å². The van der Waals surface area contributed by atoms with Gasteiger partial charge < -0.3 is 14.6 Å². The third-order valence-corrected chi connectivity index (χ3v) is 4.94. The predicted molar refractivity (Wildman–Crippen MR) is 105 cm³/mol. The number of aromatic hydroxyl groups is 1. The fourth-order valence-electron chi connectivity index (χ4n) is 3.43. The van der Waals surface area contributed by atoms with E-state index in [9.17, 15) is 15.2 Å². The highest BCUT2D eigenvalue weighted by molar-refractivity contribution is 5.52. The lowest BCUT2D eigenvalue weighted by Gasteiger charge is -2.34. The van der Waals surface area contributed by atoms with E-state index in [1.807, 2.05) is 18.2 Å². The van der Waals surface area contributed by atoms with Crippen molar-refractivity contribution in [1.82, 2.24) is 9.80 Å². The lowest BCUT2D eigenvalue weighted by molar-refractivity contribution is -0.384. The van der Waals surface area contributed by atoms with Gasteiger partial charge in [-0.3, -0.25) is 19.9 Å². The van der Waals surface area contributed by atoms with Crippen LogP contribution in [-0.2, 0) is 13.1 Å². The maximum atomic E-state index is 10.9. The van der Waals surface area contributed by atoms with Crippen molar-refractivity contribution in [1.29, 1.82) is 0 Å². The van der Waals surface area contributed by atoms with Crippen molar-refractivity contribution >= 4 is 5.69 Å². The quantitative estimate of drug-likeness (QED) is 0.577. The number of nitrogens with zero attached hydrogens (tertiary/aromatic N) is 3. The Hall–Kier alpha value is -2.84. The summed E-state index contributed by atoms with van der Waals surface area (Å²) >= 11 is 0. The smallest absolute Gasteiger partial charge is 0.269 e. The Bertz CT molecular complexity index is 809. The number of nitro groups is 1. The lowest BCUT2D eigenvalue weighted by Crippen LogP contribution is -2.45. The van der Waals surface area contributed by atoms with Crippen LogP contribution in [0, 0.1) is 10.1 Å². The highest BCUT2D eigenvalue weighted by Gasteiger charge is 2.19. The molecule has 150 valence electrons. The normalized spacial score (nSPS) is 15.4. The van der Waals surface area contributed by atoms with E-state index in [1.165, 1.54) is 20.3 Å². The zero-order chi connectivity index (χ0) is 20.1. The Balaban J connectivity index is 1.57. The maximum Gasteiger partial charge on any atom is 0.269 e. The third kappa shape index (κ3) is 4.71. The van der Waals surface area contributed by atoms with E-state index in [4.69, 9.17) is 9.47 Å². The first-order valence-electron chi connectivity index (χ1n) is 9.12. The highest BCUT2D eigenvalue weighted by atomic mass is 16.6. The van der Waals surface area contributed by atoms with Crippen LogP contribution in [0.1, 0.15) is 11.1 Å². The second-order valence-electron chi connectivity index (χ2n) is 6.83. The molecule has 0 unspecified atom stereocenters. The Morgan fingerprint density at radius 2 is 1.50 bits per heavy atom. The van der Waals surface area contributed by atoms with Crippen LogP contribution in [-0.4, -0.2) is 60.2 Å². The second-order valence-corrected chi connectivity index (χ2v) is 6.83. The van der Waals surface area contributed by atoms with Crippen molar-refractivity contribution < 1.29 is 19.5 Å². The Morgan fingerprint density at radius 1 is 0.964 bits per heavy atom. The number of hydrogen-bond donors (Lipinski definition) is 1. The summed E-state index contributed by atoms with van der Waals surface area (Å²) in [6.45, 7) is 4.99. The number of rotatable bonds is 7. The van der Waals surface area contributed by atoms with Crippen molar-refractivity contribution in [3.8, 4) is 17.2 Å². The molecular weight excluding hydrogens is 362 g/mol. The van der Waals surface area contributed by atoms with Gasteiger partial charge in [0.25, 0.3) is 5.69 Å². The molecule has 1 aliphatic rings. The average Bonchev–Trinajstić information content (AvgIpc) is 2.70. The van der Waals surface area contributed by atoms with Crippen molar-refractivity contribution in [3.63, 3.8) is 0 Å².